The number of hydrogen-bond acceptors (Lipinski definition) is 4. The van der Waals surface area contributed by atoms with E-state index in [9.17, 15) is 13.2 Å². The van der Waals surface area contributed by atoms with Crippen LogP contribution in [0.2, 0.25) is 0 Å². The van der Waals surface area contributed by atoms with Crippen molar-refractivity contribution in [2.45, 2.75) is 32.5 Å². The van der Waals surface area contributed by atoms with E-state index >= 15 is 0 Å². The number of alkyl halides is 3. The average Bonchev–Trinajstić information content (AvgIpc) is 2.60. The standard InChI is InChI=1S/C21H21F3N4/c1-20(2,3)28-19-26-17(14-8-5-4-6-9-14)13-18(27-19)25-16-11-7-10-15(12-16)21(22,23)24/h4-13H,1-3H3,(H2,25,26,27,28). The number of aromatic nitrogens is 2. The summed E-state index contributed by atoms with van der Waals surface area (Å²) < 4.78 is 38.9. The molecule has 0 fully saturated rings. The van der Waals surface area contributed by atoms with Crippen LogP contribution >= 0.6 is 0 Å². The lowest BCUT2D eigenvalue weighted by Crippen LogP contribution is -2.27. The molecule has 0 spiro atoms. The zero-order chi connectivity index (χ0) is 20.4. The van der Waals surface area contributed by atoms with Crippen LogP contribution in [0.3, 0.4) is 0 Å². The highest BCUT2D eigenvalue weighted by molar-refractivity contribution is 5.67. The third-order valence-electron chi connectivity index (χ3n) is 3.74. The van der Waals surface area contributed by atoms with Gasteiger partial charge in [-0.15, -0.1) is 0 Å². The molecule has 2 aromatic carbocycles. The predicted octanol–water partition coefficient (Wildman–Crippen LogP) is 6.12. The molecule has 3 rings (SSSR count). The molecule has 0 aliphatic heterocycles. The molecule has 0 unspecified atom stereocenters. The number of nitrogens with zero attached hydrogens (tertiary/aromatic N) is 2. The van der Waals surface area contributed by atoms with Crippen molar-refractivity contribution >= 4 is 17.5 Å². The maximum atomic E-state index is 13.0. The van der Waals surface area contributed by atoms with Crippen LogP contribution in [0.15, 0.2) is 60.7 Å². The Morgan fingerprint density at radius 1 is 0.821 bits per heavy atom. The number of hydrogen-bond donors (Lipinski definition) is 2. The molecule has 0 amide bonds. The highest BCUT2D eigenvalue weighted by atomic mass is 19.4. The Bertz CT molecular complexity index is 948. The first-order valence-corrected chi connectivity index (χ1v) is 8.77. The molecule has 0 radical (unpaired) electrons. The average molecular weight is 386 g/mol. The van der Waals surface area contributed by atoms with Gasteiger partial charge in [0.2, 0.25) is 5.95 Å². The largest absolute Gasteiger partial charge is 0.416 e. The Kier molecular flexibility index (Phi) is 5.27. The van der Waals surface area contributed by atoms with Crippen LogP contribution in [0.5, 0.6) is 0 Å². The number of nitrogens with one attached hydrogen (secondary N) is 2. The lowest BCUT2D eigenvalue weighted by Gasteiger charge is -2.21. The molecule has 0 saturated carbocycles. The Hall–Kier alpha value is -3.09. The second-order valence-corrected chi connectivity index (χ2v) is 7.41. The van der Waals surface area contributed by atoms with E-state index in [-0.39, 0.29) is 5.54 Å². The van der Waals surface area contributed by atoms with E-state index in [1.54, 1.807) is 12.1 Å². The van der Waals surface area contributed by atoms with Gasteiger partial charge in [-0.25, -0.2) is 4.98 Å². The van der Waals surface area contributed by atoms with Crippen LogP contribution in [0, 0.1) is 0 Å². The van der Waals surface area contributed by atoms with Gasteiger partial charge in [-0.05, 0) is 39.0 Å². The van der Waals surface area contributed by atoms with Gasteiger partial charge >= 0.3 is 6.18 Å². The summed E-state index contributed by atoms with van der Waals surface area (Å²) in [7, 11) is 0. The predicted molar refractivity (Wildman–Crippen MR) is 106 cm³/mol. The van der Waals surface area contributed by atoms with Crippen molar-refractivity contribution in [1.82, 2.24) is 9.97 Å². The SMILES string of the molecule is CC(C)(C)Nc1nc(Nc2cccc(C(F)(F)F)c2)cc(-c2ccccc2)n1. The summed E-state index contributed by atoms with van der Waals surface area (Å²) in [6.07, 6.45) is -4.41. The Morgan fingerprint density at radius 2 is 1.54 bits per heavy atom. The molecule has 3 aromatic rings. The number of halogens is 3. The molecule has 0 aliphatic rings. The molecule has 0 saturated heterocycles. The highest BCUT2D eigenvalue weighted by Gasteiger charge is 2.30. The van der Waals surface area contributed by atoms with Crippen molar-refractivity contribution in [3.63, 3.8) is 0 Å². The molecule has 2 N–H and O–H groups in total. The fourth-order valence-electron chi connectivity index (χ4n) is 2.58. The van der Waals surface area contributed by atoms with E-state index in [1.165, 1.54) is 6.07 Å². The fourth-order valence-corrected chi connectivity index (χ4v) is 2.58. The van der Waals surface area contributed by atoms with Crippen LogP contribution in [0.1, 0.15) is 26.3 Å². The molecule has 4 nitrogen and oxygen atoms in total. The minimum absolute atomic E-state index is 0.275. The van der Waals surface area contributed by atoms with Gasteiger partial charge in [-0.1, -0.05) is 36.4 Å². The monoisotopic (exact) mass is 386 g/mol. The first-order valence-electron chi connectivity index (χ1n) is 8.77. The van der Waals surface area contributed by atoms with Crippen molar-refractivity contribution in [3.8, 4) is 11.3 Å². The molecular weight excluding hydrogens is 365 g/mol. The number of benzene rings is 2. The quantitative estimate of drug-likeness (QED) is 0.567. The van der Waals surface area contributed by atoms with E-state index in [0.29, 0.717) is 23.1 Å². The summed E-state index contributed by atoms with van der Waals surface area (Å²) in [5, 5.41) is 6.17. The molecule has 1 heterocycles. The first-order chi connectivity index (χ1) is 13.1. The maximum Gasteiger partial charge on any atom is 0.416 e. The topological polar surface area (TPSA) is 49.8 Å². The lowest BCUT2D eigenvalue weighted by atomic mass is 10.1. The second-order valence-electron chi connectivity index (χ2n) is 7.41. The molecule has 28 heavy (non-hydrogen) atoms. The normalized spacial score (nSPS) is 11.9. The zero-order valence-corrected chi connectivity index (χ0v) is 15.8. The summed E-state index contributed by atoms with van der Waals surface area (Å²) in [5.74, 6) is 0.795. The molecule has 1 aromatic heterocycles. The second kappa shape index (κ2) is 7.50. The summed E-state index contributed by atoms with van der Waals surface area (Å²) in [5.41, 5.74) is 0.853. The smallest absolute Gasteiger partial charge is 0.350 e. The summed E-state index contributed by atoms with van der Waals surface area (Å²) >= 11 is 0. The van der Waals surface area contributed by atoms with E-state index in [0.717, 1.165) is 17.7 Å². The van der Waals surface area contributed by atoms with Crippen LogP contribution < -0.4 is 10.6 Å². The third kappa shape index (κ3) is 5.22. The van der Waals surface area contributed by atoms with Crippen LogP contribution in [-0.2, 0) is 6.18 Å². The lowest BCUT2D eigenvalue weighted by molar-refractivity contribution is -0.137. The van der Waals surface area contributed by atoms with Gasteiger partial charge in [-0.3, -0.25) is 0 Å². The van der Waals surface area contributed by atoms with E-state index in [2.05, 4.69) is 20.6 Å². The van der Waals surface area contributed by atoms with Crippen molar-refractivity contribution in [2.75, 3.05) is 10.6 Å². The number of rotatable bonds is 4. The third-order valence-corrected chi connectivity index (χ3v) is 3.74. The van der Waals surface area contributed by atoms with E-state index in [4.69, 9.17) is 0 Å². The van der Waals surface area contributed by atoms with Gasteiger partial charge in [0.15, 0.2) is 0 Å². The van der Waals surface area contributed by atoms with Crippen LogP contribution in [-0.4, -0.2) is 15.5 Å². The molecule has 0 aliphatic carbocycles. The van der Waals surface area contributed by atoms with Crippen molar-refractivity contribution in [1.29, 1.82) is 0 Å². The summed E-state index contributed by atoms with van der Waals surface area (Å²) in [6, 6.07) is 16.3. The van der Waals surface area contributed by atoms with Gasteiger partial charge < -0.3 is 10.6 Å². The highest BCUT2D eigenvalue weighted by Crippen LogP contribution is 2.32. The van der Waals surface area contributed by atoms with Gasteiger partial charge in [0.25, 0.3) is 0 Å². The molecular formula is C21H21F3N4. The fraction of sp³-hybridized carbons (Fsp3) is 0.238. The Morgan fingerprint density at radius 3 is 2.18 bits per heavy atom. The van der Waals surface area contributed by atoms with Crippen molar-refractivity contribution < 1.29 is 13.2 Å². The molecule has 7 heteroatoms. The number of anilines is 3. The Labute approximate surface area is 161 Å². The minimum atomic E-state index is -4.41. The first kappa shape index (κ1) is 19.7. The Balaban J connectivity index is 1.99. The van der Waals surface area contributed by atoms with Gasteiger partial charge in [0.1, 0.15) is 5.82 Å². The molecule has 0 bridgehead atoms. The van der Waals surface area contributed by atoms with Crippen LogP contribution in [0.25, 0.3) is 11.3 Å². The van der Waals surface area contributed by atoms with Gasteiger partial charge in [0, 0.05) is 22.9 Å². The zero-order valence-electron chi connectivity index (χ0n) is 15.8. The molecule has 146 valence electrons. The van der Waals surface area contributed by atoms with Crippen molar-refractivity contribution in [3.05, 3.63) is 66.2 Å². The van der Waals surface area contributed by atoms with E-state index in [1.807, 2.05) is 51.1 Å². The van der Waals surface area contributed by atoms with Crippen LogP contribution in [0.4, 0.5) is 30.6 Å². The van der Waals surface area contributed by atoms with E-state index < -0.39 is 11.7 Å². The maximum absolute atomic E-state index is 13.0. The minimum Gasteiger partial charge on any atom is -0.350 e. The van der Waals surface area contributed by atoms with Gasteiger partial charge in [0.05, 0.1) is 11.3 Å². The van der Waals surface area contributed by atoms with Crippen molar-refractivity contribution in [2.24, 2.45) is 0 Å². The summed E-state index contributed by atoms with van der Waals surface area (Å²) in [4.78, 5) is 8.96. The van der Waals surface area contributed by atoms with Gasteiger partial charge in [-0.2, -0.15) is 18.2 Å². The summed E-state index contributed by atoms with van der Waals surface area (Å²) in [6.45, 7) is 5.93. The molecule has 0 atom stereocenters.